The average Bonchev–Trinajstić information content (AvgIpc) is 4.04. The number of halogens is 3. The van der Waals surface area contributed by atoms with Gasteiger partial charge in [0.05, 0.1) is 47.0 Å². The summed E-state index contributed by atoms with van der Waals surface area (Å²) in [6.07, 6.45) is 21.8. The number of allylic oxidation sites excluding steroid dienone is 2. The van der Waals surface area contributed by atoms with Crippen molar-refractivity contribution in [2.75, 3.05) is 0 Å². The van der Waals surface area contributed by atoms with E-state index in [1.165, 1.54) is 53.0 Å². The van der Waals surface area contributed by atoms with Crippen LogP contribution in [0.4, 0.5) is 8.78 Å². The van der Waals surface area contributed by atoms with Gasteiger partial charge in [0.25, 0.3) is 0 Å². The number of aldehydes is 1. The van der Waals surface area contributed by atoms with Gasteiger partial charge in [-0.1, -0.05) is 64.3 Å². The predicted molar refractivity (Wildman–Crippen MR) is 258 cm³/mol. The van der Waals surface area contributed by atoms with Gasteiger partial charge in [-0.05, 0) is 179 Å². The van der Waals surface area contributed by atoms with E-state index in [9.17, 15) is 18.7 Å². The van der Waals surface area contributed by atoms with Crippen LogP contribution in [0.3, 0.4) is 0 Å². The summed E-state index contributed by atoms with van der Waals surface area (Å²) in [5.41, 5.74) is 9.81. The molecule has 2 saturated carbocycles. The van der Waals surface area contributed by atoms with Gasteiger partial charge in [-0.3, -0.25) is 4.98 Å². The Morgan fingerprint density at radius 3 is 1.62 bits per heavy atom. The fourth-order valence-electron chi connectivity index (χ4n) is 10.1. The van der Waals surface area contributed by atoms with Crippen molar-refractivity contribution < 1.29 is 37.5 Å². The van der Waals surface area contributed by atoms with Gasteiger partial charge in [0, 0.05) is 18.8 Å². The zero-order chi connectivity index (χ0) is 46.4. The van der Waals surface area contributed by atoms with Crippen molar-refractivity contribution in [2.45, 2.75) is 105 Å². The molecule has 2 fully saturated rings. The van der Waals surface area contributed by atoms with Crippen LogP contribution in [0.5, 0.6) is 0 Å². The Kier molecular flexibility index (Phi) is 16.4. The molecule has 5 atom stereocenters. The molecule has 0 radical (unpaired) electrons. The number of carbonyl (C=O) groups is 1. The molecule has 10 rings (SSSR count). The molecule has 2 aromatic carbocycles. The third-order valence-corrected chi connectivity index (χ3v) is 15.3. The van der Waals surface area contributed by atoms with Crippen LogP contribution < -0.4 is 18.9 Å². The fourth-order valence-corrected chi connectivity index (χ4v) is 10.4. The van der Waals surface area contributed by atoms with Crippen molar-refractivity contribution in [1.29, 1.82) is 0 Å². The number of hydrogen-bond acceptors (Lipinski definition) is 6. The molecule has 0 spiro atoms. The first-order valence-electron chi connectivity index (χ1n) is 22.6. The maximum atomic E-state index is 13.3. The van der Waals surface area contributed by atoms with Gasteiger partial charge in [-0.15, -0.1) is 0 Å². The standard InChI is InChI=1S/C25H26FN3O.C20H21FN2O.C5H4BrN.C4H9.Li/c1-24(15-23(30)21-5-3-4-12-27-21)11-10-18-13-22-17(14-25(18,24)2)16-28-29(22)20-8-6-19(26)7-9-20;1-19(9-10-24)8-7-15-11-18-14(12-20(15,19)2)13-22-23(18)17-5-3-16(21)4-6-17;6-5-3-1-2-4-7-5;1-3-4-2;/h3-9,12-13,16,23,30H,10-11,14-15H2,1-2H3;3-6,10-11,13H,7-9,12H2,1-2H3;1-4H;1,3-4H2,2H3;/q;;;-1;+1/t23?,24-,25-;19-,20-;;;/m00.../s1. The van der Waals surface area contributed by atoms with E-state index in [2.05, 4.69) is 89.8 Å². The number of nitrogens with zero attached hydrogens (tertiary/aromatic N) is 6. The zero-order valence-electron chi connectivity index (χ0n) is 39.2. The summed E-state index contributed by atoms with van der Waals surface area (Å²) in [6, 6.07) is 24.3. The summed E-state index contributed by atoms with van der Waals surface area (Å²) in [7, 11) is 0. The molecule has 0 saturated heterocycles. The van der Waals surface area contributed by atoms with Gasteiger partial charge < -0.3 is 16.8 Å². The number of fused-ring (bicyclic) bond motifs is 4. The number of aliphatic hydroxyl groups excluding tert-OH is 1. The minimum absolute atomic E-state index is 0. The van der Waals surface area contributed by atoms with Crippen molar-refractivity contribution in [3.05, 3.63) is 172 Å². The van der Waals surface area contributed by atoms with E-state index in [4.69, 9.17) is 0 Å². The molecule has 340 valence electrons. The molecule has 6 aromatic rings. The van der Waals surface area contributed by atoms with Gasteiger partial charge >= 0.3 is 18.9 Å². The molecule has 12 heteroatoms. The second-order valence-electron chi connectivity index (χ2n) is 18.7. The van der Waals surface area contributed by atoms with Crippen LogP contribution >= 0.6 is 15.9 Å². The van der Waals surface area contributed by atoms with E-state index in [1.54, 1.807) is 36.7 Å². The molecule has 0 aliphatic heterocycles. The second kappa shape index (κ2) is 21.4. The number of hydrogen-bond donors (Lipinski definition) is 1. The molecule has 1 N–H and O–H groups in total. The largest absolute Gasteiger partial charge is 1.00 e. The molecule has 66 heavy (non-hydrogen) atoms. The van der Waals surface area contributed by atoms with Crippen molar-refractivity contribution in [3.8, 4) is 11.4 Å². The summed E-state index contributed by atoms with van der Waals surface area (Å²) in [5.74, 6) is -0.491. The molecule has 4 aromatic heterocycles. The van der Waals surface area contributed by atoms with Crippen LogP contribution in [0.15, 0.2) is 125 Å². The van der Waals surface area contributed by atoms with Crippen molar-refractivity contribution in [1.82, 2.24) is 29.5 Å². The molecular formula is C54H60BrF2LiN6O2. The zero-order valence-corrected chi connectivity index (χ0v) is 40.7. The smallest absolute Gasteiger partial charge is 0.387 e. The normalized spacial score (nSPS) is 23.5. The van der Waals surface area contributed by atoms with E-state index in [0.29, 0.717) is 12.8 Å². The molecule has 0 amide bonds. The summed E-state index contributed by atoms with van der Waals surface area (Å²) < 4.78 is 31.2. The van der Waals surface area contributed by atoms with Gasteiger partial charge in [-0.2, -0.15) is 16.6 Å². The number of aromatic nitrogens is 6. The molecule has 4 aliphatic carbocycles. The maximum absolute atomic E-state index is 13.3. The Morgan fingerprint density at radius 1 is 0.742 bits per heavy atom. The molecule has 1 unspecified atom stereocenters. The first-order chi connectivity index (χ1) is 31.2. The monoisotopic (exact) mass is 948 g/mol. The summed E-state index contributed by atoms with van der Waals surface area (Å²) in [6.45, 7) is 14.9. The number of aliphatic hydroxyl groups is 1. The van der Waals surface area contributed by atoms with Crippen LogP contribution in [-0.2, 0) is 17.6 Å². The Morgan fingerprint density at radius 2 is 1.21 bits per heavy atom. The minimum atomic E-state index is -0.573. The van der Waals surface area contributed by atoms with Crippen LogP contribution in [0.1, 0.15) is 120 Å². The van der Waals surface area contributed by atoms with Crippen molar-refractivity contribution in [2.24, 2.45) is 21.7 Å². The van der Waals surface area contributed by atoms with Gasteiger partial charge in [0.1, 0.15) is 22.5 Å². The fraction of sp³-hybridized carbons (Fsp3) is 0.370. The Balaban J connectivity index is 0.000000178. The maximum Gasteiger partial charge on any atom is 1.00 e. The number of rotatable bonds is 8. The van der Waals surface area contributed by atoms with Gasteiger partial charge in [0.2, 0.25) is 0 Å². The molecule has 4 aliphatic rings. The molecule has 8 nitrogen and oxygen atoms in total. The first kappa shape index (κ1) is 50.6. The number of benzene rings is 2. The van der Waals surface area contributed by atoms with Crippen LogP contribution in [0.2, 0.25) is 0 Å². The summed E-state index contributed by atoms with van der Waals surface area (Å²) >= 11 is 3.20. The number of unbranched alkanes of at least 4 members (excludes halogenated alkanes) is 1. The predicted octanol–water partition coefficient (Wildman–Crippen LogP) is 10.1. The first-order valence-corrected chi connectivity index (χ1v) is 23.4. The third kappa shape index (κ3) is 10.4. The summed E-state index contributed by atoms with van der Waals surface area (Å²) in [4.78, 5) is 19.4. The topological polar surface area (TPSA) is 98.7 Å². The quantitative estimate of drug-likeness (QED) is 0.0707. The molecule has 4 heterocycles. The van der Waals surface area contributed by atoms with E-state index in [-0.39, 0.29) is 52.2 Å². The Bertz CT molecular complexity index is 2620. The van der Waals surface area contributed by atoms with E-state index < -0.39 is 6.10 Å². The van der Waals surface area contributed by atoms with Gasteiger partial charge in [0.15, 0.2) is 0 Å². The Hall–Kier alpha value is -4.79. The third-order valence-electron chi connectivity index (χ3n) is 14.8. The van der Waals surface area contributed by atoms with Crippen LogP contribution in [-0.4, -0.2) is 40.9 Å². The molecule has 0 bridgehead atoms. The van der Waals surface area contributed by atoms with Crippen molar-refractivity contribution >= 4 is 34.4 Å². The van der Waals surface area contributed by atoms with E-state index >= 15 is 0 Å². The average molecular weight is 950 g/mol. The van der Waals surface area contributed by atoms with Crippen LogP contribution in [0.25, 0.3) is 23.5 Å². The van der Waals surface area contributed by atoms with E-state index in [1.807, 2.05) is 58.2 Å². The molecular weight excluding hydrogens is 889 g/mol. The van der Waals surface area contributed by atoms with Crippen molar-refractivity contribution in [3.63, 3.8) is 0 Å². The second-order valence-corrected chi connectivity index (χ2v) is 19.5. The Labute approximate surface area is 409 Å². The SMILES string of the molecule is Brc1ccccn1.C[C@@]1(CC(O)c2ccccn2)CCC2=Cc3c(cnn3-c3ccc(F)cc3)C[C@@]21C.C[C@@]1(CC=O)CCC2=Cc3c(cnn3-c3ccc(F)cc3)C[C@@]21C.[CH2-]CCC.[Li+]. The van der Waals surface area contributed by atoms with Crippen LogP contribution in [0, 0.1) is 40.2 Å². The number of carbonyl (C=O) groups excluding carboxylic acids is 1. The van der Waals surface area contributed by atoms with Gasteiger partial charge in [-0.25, -0.2) is 23.1 Å². The van der Waals surface area contributed by atoms with E-state index in [0.717, 1.165) is 84.3 Å². The minimum Gasteiger partial charge on any atom is -0.387 e. The summed E-state index contributed by atoms with van der Waals surface area (Å²) in [5, 5.41) is 20.0. The number of pyridine rings is 2.